The van der Waals surface area contributed by atoms with Crippen molar-refractivity contribution in [1.29, 1.82) is 0 Å². The number of benzene rings is 1. The van der Waals surface area contributed by atoms with Gasteiger partial charge in [0.25, 0.3) is 0 Å². The Morgan fingerprint density at radius 2 is 1.64 bits per heavy atom. The topological polar surface area (TPSA) is 41.4 Å². The molecule has 1 aliphatic heterocycles. The zero-order valence-electron chi connectivity index (χ0n) is 17.0. The first-order valence-corrected chi connectivity index (χ1v) is 9.29. The first-order valence-electron chi connectivity index (χ1n) is 9.29. The minimum absolute atomic E-state index is 0.167. The molecule has 1 fully saturated rings. The summed E-state index contributed by atoms with van der Waals surface area (Å²) in [7, 11) is 4.32. The molecule has 0 radical (unpaired) electrons. The average molecular weight is 347 g/mol. The number of fused-ring (bicyclic) bond motifs is 1. The van der Waals surface area contributed by atoms with Gasteiger partial charge >= 0.3 is 0 Å². The Kier molecular flexibility index (Phi) is 8.62. The van der Waals surface area contributed by atoms with E-state index in [0.717, 1.165) is 43.9 Å². The molecule has 3 rings (SSSR count). The third-order valence-corrected chi connectivity index (χ3v) is 4.13. The number of imidazole rings is 1. The molecule has 1 aromatic carbocycles. The third kappa shape index (κ3) is 5.56. The predicted molar refractivity (Wildman–Crippen MR) is 108 cm³/mol. The number of ketones is 1. The van der Waals surface area contributed by atoms with Gasteiger partial charge in [-0.3, -0.25) is 0 Å². The Labute approximate surface area is 152 Å². The summed E-state index contributed by atoms with van der Waals surface area (Å²) in [5.41, 5.74) is 3.74. The van der Waals surface area contributed by atoms with Crippen molar-refractivity contribution >= 4 is 22.5 Å². The lowest BCUT2D eigenvalue weighted by Gasteiger charge is -2.34. The SMILES string of the molecule is CC.CC(C)=O.CCc1nc2cccc(N3CCN(C)CC3)c2n1C. The number of Topliss-reactive ketones (excluding diaryl/α,β-unsaturated/α-hetero) is 1. The first kappa shape index (κ1) is 21.2. The Balaban J connectivity index is 0.000000461. The van der Waals surface area contributed by atoms with E-state index in [0.29, 0.717) is 0 Å². The second-order valence-electron chi connectivity index (χ2n) is 6.28. The second-order valence-corrected chi connectivity index (χ2v) is 6.28. The van der Waals surface area contributed by atoms with Gasteiger partial charge in [0, 0.05) is 39.6 Å². The highest BCUT2D eigenvalue weighted by atomic mass is 16.1. The van der Waals surface area contributed by atoms with Gasteiger partial charge in [-0.25, -0.2) is 4.98 Å². The lowest BCUT2D eigenvalue weighted by Crippen LogP contribution is -2.44. The quantitative estimate of drug-likeness (QED) is 0.834. The Morgan fingerprint density at radius 1 is 1.08 bits per heavy atom. The second kappa shape index (κ2) is 10.2. The van der Waals surface area contributed by atoms with E-state index < -0.39 is 0 Å². The summed E-state index contributed by atoms with van der Waals surface area (Å²) in [5.74, 6) is 1.33. The van der Waals surface area contributed by atoms with Gasteiger partial charge < -0.3 is 19.2 Å². The van der Waals surface area contributed by atoms with Crippen LogP contribution in [0.3, 0.4) is 0 Å². The van der Waals surface area contributed by atoms with E-state index in [1.165, 1.54) is 25.1 Å². The number of carbonyl (C=O) groups excluding carboxylic acids is 1. The maximum Gasteiger partial charge on any atom is 0.126 e. The number of rotatable bonds is 2. The number of likely N-dealkylation sites (N-methyl/N-ethyl adjacent to an activating group) is 1. The van der Waals surface area contributed by atoms with E-state index in [9.17, 15) is 4.79 Å². The van der Waals surface area contributed by atoms with Crippen molar-refractivity contribution in [3.8, 4) is 0 Å². The van der Waals surface area contributed by atoms with Crippen molar-refractivity contribution in [1.82, 2.24) is 14.5 Å². The number of piperazine rings is 1. The van der Waals surface area contributed by atoms with Crippen LogP contribution >= 0.6 is 0 Å². The molecule has 25 heavy (non-hydrogen) atoms. The van der Waals surface area contributed by atoms with Crippen LogP contribution in [0.1, 0.15) is 40.4 Å². The molecule has 0 spiro atoms. The van der Waals surface area contributed by atoms with Gasteiger partial charge in [-0.1, -0.05) is 26.8 Å². The van der Waals surface area contributed by atoms with E-state index in [1.54, 1.807) is 0 Å². The van der Waals surface area contributed by atoms with Crippen LogP contribution in [0.15, 0.2) is 18.2 Å². The number of aromatic nitrogens is 2. The molecule has 0 amide bonds. The van der Waals surface area contributed by atoms with Crippen LogP contribution < -0.4 is 4.90 Å². The van der Waals surface area contributed by atoms with Gasteiger partial charge in [0.15, 0.2) is 0 Å². The summed E-state index contributed by atoms with van der Waals surface area (Å²) in [6, 6.07) is 6.48. The fraction of sp³-hybridized carbons (Fsp3) is 0.600. The minimum Gasteiger partial charge on any atom is -0.367 e. The molecule has 0 unspecified atom stereocenters. The average Bonchev–Trinajstić information content (AvgIpc) is 2.93. The molecule has 1 aliphatic rings. The van der Waals surface area contributed by atoms with Crippen LogP contribution in [0, 0.1) is 0 Å². The molecule has 1 aromatic heterocycles. The molecule has 140 valence electrons. The highest BCUT2D eigenvalue weighted by molar-refractivity contribution is 5.89. The summed E-state index contributed by atoms with van der Waals surface area (Å²) >= 11 is 0. The van der Waals surface area contributed by atoms with E-state index in [1.807, 2.05) is 13.8 Å². The maximum absolute atomic E-state index is 9.44. The molecule has 2 aromatic rings. The molecular formula is C20H34N4O. The molecule has 0 saturated carbocycles. The number of hydrogen-bond acceptors (Lipinski definition) is 4. The van der Waals surface area contributed by atoms with Crippen molar-refractivity contribution in [2.45, 2.75) is 41.0 Å². The van der Waals surface area contributed by atoms with Crippen LogP contribution in [-0.2, 0) is 18.3 Å². The Bertz CT molecular complexity index is 666. The van der Waals surface area contributed by atoms with Crippen LogP contribution in [0.4, 0.5) is 5.69 Å². The smallest absolute Gasteiger partial charge is 0.126 e. The van der Waals surface area contributed by atoms with Crippen LogP contribution in [0.2, 0.25) is 0 Å². The van der Waals surface area contributed by atoms with Gasteiger partial charge in [-0.15, -0.1) is 0 Å². The van der Waals surface area contributed by atoms with Crippen molar-refractivity contribution in [2.24, 2.45) is 7.05 Å². The highest BCUT2D eigenvalue weighted by Crippen LogP contribution is 2.28. The van der Waals surface area contributed by atoms with E-state index >= 15 is 0 Å². The predicted octanol–water partition coefficient (Wildman–Crippen LogP) is 3.51. The Morgan fingerprint density at radius 3 is 2.16 bits per heavy atom. The molecule has 5 heteroatoms. The fourth-order valence-electron chi connectivity index (χ4n) is 2.92. The molecule has 0 aliphatic carbocycles. The van der Waals surface area contributed by atoms with Crippen molar-refractivity contribution in [3.63, 3.8) is 0 Å². The molecule has 0 bridgehead atoms. The van der Waals surface area contributed by atoms with Gasteiger partial charge in [0.05, 0.1) is 16.7 Å². The fourth-order valence-corrected chi connectivity index (χ4v) is 2.92. The van der Waals surface area contributed by atoms with Crippen molar-refractivity contribution in [3.05, 3.63) is 24.0 Å². The largest absolute Gasteiger partial charge is 0.367 e. The zero-order valence-corrected chi connectivity index (χ0v) is 17.0. The summed E-state index contributed by atoms with van der Waals surface area (Å²) in [4.78, 5) is 19.0. The minimum atomic E-state index is 0.167. The van der Waals surface area contributed by atoms with Crippen molar-refractivity contribution in [2.75, 3.05) is 38.1 Å². The number of nitrogens with zero attached hydrogens (tertiary/aromatic N) is 4. The number of para-hydroxylation sites is 1. The molecule has 0 atom stereocenters. The van der Waals surface area contributed by atoms with Gasteiger partial charge in [0.1, 0.15) is 11.6 Å². The summed E-state index contributed by atoms with van der Waals surface area (Å²) < 4.78 is 2.25. The van der Waals surface area contributed by atoms with E-state index in [2.05, 4.69) is 53.6 Å². The van der Waals surface area contributed by atoms with Crippen LogP contribution in [0.5, 0.6) is 0 Å². The lowest BCUT2D eigenvalue weighted by molar-refractivity contribution is -0.114. The summed E-state index contributed by atoms with van der Waals surface area (Å²) in [6.07, 6.45) is 0.980. The summed E-state index contributed by atoms with van der Waals surface area (Å²) in [6.45, 7) is 13.7. The summed E-state index contributed by atoms with van der Waals surface area (Å²) in [5, 5.41) is 0. The van der Waals surface area contributed by atoms with Crippen LogP contribution in [-0.4, -0.2) is 53.5 Å². The monoisotopic (exact) mass is 346 g/mol. The first-order chi connectivity index (χ1) is 11.9. The number of aryl methyl sites for hydroxylation is 2. The number of hydrogen-bond donors (Lipinski definition) is 0. The molecule has 5 nitrogen and oxygen atoms in total. The maximum atomic E-state index is 9.44. The van der Waals surface area contributed by atoms with Gasteiger partial charge in [-0.2, -0.15) is 0 Å². The highest BCUT2D eigenvalue weighted by Gasteiger charge is 2.18. The van der Waals surface area contributed by atoms with Crippen molar-refractivity contribution < 1.29 is 4.79 Å². The third-order valence-electron chi connectivity index (χ3n) is 4.13. The zero-order chi connectivity index (χ0) is 19.0. The normalized spacial score (nSPS) is 14.4. The van der Waals surface area contributed by atoms with Gasteiger partial charge in [0.2, 0.25) is 0 Å². The standard InChI is InChI=1S/C15H22N4.C3H6O.C2H6/c1-4-14-16-12-6-5-7-13(15(12)18(14)3)19-10-8-17(2)9-11-19;1-3(2)4;1-2/h5-7H,4,8-11H2,1-3H3;1-2H3;1-2H3. The van der Waals surface area contributed by atoms with E-state index in [4.69, 9.17) is 4.98 Å². The molecule has 1 saturated heterocycles. The molecule has 2 heterocycles. The Hall–Kier alpha value is -1.88. The number of carbonyl (C=O) groups is 1. The lowest BCUT2D eigenvalue weighted by atomic mass is 10.2. The van der Waals surface area contributed by atoms with Gasteiger partial charge in [-0.05, 0) is 33.0 Å². The van der Waals surface area contributed by atoms with E-state index in [-0.39, 0.29) is 5.78 Å². The molecule has 0 N–H and O–H groups in total. The molecular weight excluding hydrogens is 312 g/mol. The number of anilines is 1. The van der Waals surface area contributed by atoms with Crippen LogP contribution in [0.25, 0.3) is 11.0 Å².